The molecule has 130 valence electrons. The average molecular weight is 537 g/mol. The van der Waals surface area contributed by atoms with Crippen LogP contribution in [0.25, 0.3) is 11.1 Å². The second kappa shape index (κ2) is 9.41. The van der Waals surface area contributed by atoms with Gasteiger partial charge in [0, 0.05) is 0 Å². The van der Waals surface area contributed by atoms with Crippen molar-refractivity contribution in [2.75, 3.05) is 6.61 Å². The van der Waals surface area contributed by atoms with E-state index < -0.39 is 3.93 Å². The van der Waals surface area contributed by atoms with Gasteiger partial charge in [0.1, 0.15) is 11.5 Å². The van der Waals surface area contributed by atoms with Crippen LogP contribution in [0, 0.1) is 0 Å². The Morgan fingerprint density at radius 1 is 1.04 bits per heavy atom. The maximum Gasteiger partial charge on any atom is 0.267 e. The van der Waals surface area contributed by atoms with Crippen LogP contribution >= 0.6 is 45.9 Å². The largest absolute Gasteiger partial charge is 0.508 e. The van der Waals surface area contributed by atoms with Crippen molar-refractivity contribution in [1.82, 2.24) is 0 Å². The molecular weight excluding hydrogens is 516 g/mol. The van der Waals surface area contributed by atoms with Gasteiger partial charge in [-0.05, 0) is 66.3 Å². The molecule has 2 rings (SSSR count). The van der Waals surface area contributed by atoms with Gasteiger partial charge in [0.05, 0.1) is 6.61 Å². The van der Waals surface area contributed by atoms with Crippen molar-refractivity contribution in [2.24, 2.45) is 0 Å². The second-order valence-corrected chi connectivity index (χ2v) is 29.2. The third kappa shape index (κ3) is 6.54. The smallest absolute Gasteiger partial charge is 0.267 e. The number of ether oxygens (including phenoxy) is 1. The molecule has 2 aromatic rings. The van der Waals surface area contributed by atoms with Crippen molar-refractivity contribution >= 4 is 49.8 Å². The lowest BCUT2D eigenvalue weighted by Crippen LogP contribution is -2.06. The molecule has 0 radical (unpaired) electrons. The normalized spacial score (nSPS) is 11.5. The summed E-state index contributed by atoms with van der Waals surface area (Å²) in [5, 5.41) is 9.85. The van der Waals surface area contributed by atoms with Gasteiger partial charge in [0.15, 0.2) is 0 Å². The maximum absolute atomic E-state index is 9.85. The molecule has 0 aliphatic heterocycles. The molecule has 0 spiro atoms. The molecular formula is C18H21Br3O2Si. The molecule has 0 heterocycles. The topological polar surface area (TPSA) is 29.5 Å². The Bertz CT molecular complexity index is 654. The fourth-order valence-corrected chi connectivity index (χ4v) is 5.60. The predicted octanol–water partition coefficient (Wildman–Crippen LogP) is 6.90. The quantitative estimate of drug-likeness (QED) is 0.293. The van der Waals surface area contributed by atoms with Crippen LogP contribution in [-0.4, -0.2) is 15.6 Å². The molecule has 0 aliphatic rings. The summed E-state index contributed by atoms with van der Waals surface area (Å²) in [6, 6.07) is 14.9. The molecule has 0 unspecified atom stereocenters. The van der Waals surface area contributed by atoms with E-state index in [1.54, 1.807) is 6.07 Å². The number of rotatable bonds is 8. The van der Waals surface area contributed by atoms with Gasteiger partial charge in [0.2, 0.25) is 0 Å². The number of hydrogen-bond donors (Lipinski definition) is 1. The van der Waals surface area contributed by atoms with E-state index in [1.807, 2.05) is 24.3 Å². The third-order valence-electron chi connectivity index (χ3n) is 3.63. The Labute approximate surface area is 168 Å². The lowest BCUT2D eigenvalue weighted by atomic mass is 9.96. The molecule has 0 amide bonds. The summed E-state index contributed by atoms with van der Waals surface area (Å²) in [6.07, 6.45) is 2.97. The minimum absolute atomic E-state index is 0.316. The summed E-state index contributed by atoms with van der Waals surface area (Å²) in [5.41, 5.74) is 3.48. The SMILES string of the molecule is CCCOc1ccc(-c2ccc(O)cc2CCC[Si](Br)(Br)Br)cc1. The summed E-state index contributed by atoms with van der Waals surface area (Å²) in [7, 11) is 0. The number of hydrogen-bond acceptors (Lipinski definition) is 2. The van der Waals surface area contributed by atoms with Crippen LogP contribution in [0.2, 0.25) is 6.04 Å². The minimum Gasteiger partial charge on any atom is -0.508 e. The van der Waals surface area contributed by atoms with Crippen molar-refractivity contribution in [3.8, 4) is 22.6 Å². The molecule has 0 aromatic heterocycles. The summed E-state index contributed by atoms with van der Waals surface area (Å²) in [6.45, 7) is 2.84. The Balaban J connectivity index is 2.16. The average Bonchev–Trinajstić information content (AvgIpc) is 2.52. The van der Waals surface area contributed by atoms with E-state index in [1.165, 1.54) is 11.1 Å². The Kier molecular flexibility index (Phi) is 7.85. The molecule has 0 aliphatic carbocycles. The Morgan fingerprint density at radius 2 is 1.75 bits per heavy atom. The van der Waals surface area contributed by atoms with Gasteiger partial charge in [-0.2, -0.15) is 0 Å². The summed E-state index contributed by atoms with van der Waals surface area (Å²) >= 11 is 11.0. The van der Waals surface area contributed by atoms with Gasteiger partial charge in [0.25, 0.3) is 3.93 Å². The van der Waals surface area contributed by atoms with Crippen molar-refractivity contribution in [2.45, 2.75) is 32.2 Å². The zero-order chi connectivity index (χ0) is 17.6. The van der Waals surface area contributed by atoms with Gasteiger partial charge in [-0.15, -0.1) is 0 Å². The van der Waals surface area contributed by atoms with Crippen LogP contribution in [-0.2, 0) is 6.42 Å². The zero-order valence-electron chi connectivity index (χ0n) is 13.6. The summed E-state index contributed by atoms with van der Waals surface area (Å²) < 4.78 is 4.06. The van der Waals surface area contributed by atoms with Crippen LogP contribution in [0.1, 0.15) is 25.3 Å². The van der Waals surface area contributed by atoms with E-state index in [-0.39, 0.29) is 0 Å². The first-order valence-corrected chi connectivity index (χ1v) is 17.0. The van der Waals surface area contributed by atoms with Crippen LogP contribution in [0.5, 0.6) is 11.5 Å². The van der Waals surface area contributed by atoms with Gasteiger partial charge < -0.3 is 9.84 Å². The molecule has 1 N–H and O–H groups in total. The molecule has 0 fully saturated rings. The van der Waals surface area contributed by atoms with Gasteiger partial charge in [-0.1, -0.05) is 71.0 Å². The monoisotopic (exact) mass is 534 g/mol. The first-order chi connectivity index (χ1) is 11.4. The van der Waals surface area contributed by atoms with Crippen molar-refractivity contribution in [3.63, 3.8) is 0 Å². The highest BCUT2D eigenvalue weighted by Gasteiger charge is 2.21. The van der Waals surface area contributed by atoms with Crippen LogP contribution < -0.4 is 4.74 Å². The molecule has 0 bridgehead atoms. The summed E-state index contributed by atoms with van der Waals surface area (Å²) in [4.78, 5) is 0. The molecule has 2 aromatic carbocycles. The number of halogens is 3. The number of aromatic hydroxyl groups is 1. The number of phenols is 1. The lowest BCUT2D eigenvalue weighted by molar-refractivity contribution is 0.317. The minimum atomic E-state index is -1.58. The highest BCUT2D eigenvalue weighted by molar-refractivity contribution is 9.72. The Morgan fingerprint density at radius 3 is 2.38 bits per heavy atom. The standard InChI is InChI=1S/C18H21Br3O2Si/c1-2-11-23-17-8-5-14(6-9-17)18-10-7-16(22)13-15(18)4-3-12-24(19,20)21/h5-10,13,22H,2-4,11-12H2,1H3. The highest BCUT2D eigenvalue weighted by Crippen LogP contribution is 2.35. The number of benzene rings is 2. The molecule has 24 heavy (non-hydrogen) atoms. The fraction of sp³-hybridized carbons (Fsp3) is 0.333. The van der Waals surface area contributed by atoms with Crippen LogP contribution in [0.4, 0.5) is 0 Å². The molecule has 0 saturated carbocycles. The van der Waals surface area contributed by atoms with Gasteiger partial charge >= 0.3 is 0 Å². The second-order valence-electron chi connectivity index (χ2n) is 5.68. The van der Waals surface area contributed by atoms with Gasteiger partial charge in [-0.3, -0.25) is 0 Å². The highest BCUT2D eigenvalue weighted by atomic mass is 80.0. The van der Waals surface area contributed by atoms with Crippen LogP contribution in [0.15, 0.2) is 42.5 Å². The van der Waals surface area contributed by atoms with E-state index in [4.69, 9.17) is 4.74 Å². The predicted molar refractivity (Wildman–Crippen MR) is 115 cm³/mol. The first-order valence-electron chi connectivity index (χ1n) is 8.01. The molecule has 0 saturated heterocycles. The maximum atomic E-state index is 9.85. The van der Waals surface area contributed by atoms with E-state index in [0.717, 1.165) is 43.2 Å². The van der Waals surface area contributed by atoms with E-state index in [9.17, 15) is 5.11 Å². The van der Waals surface area contributed by atoms with Crippen molar-refractivity contribution in [1.29, 1.82) is 0 Å². The van der Waals surface area contributed by atoms with E-state index >= 15 is 0 Å². The van der Waals surface area contributed by atoms with Crippen molar-refractivity contribution in [3.05, 3.63) is 48.0 Å². The Hall–Kier alpha value is -0.303. The van der Waals surface area contributed by atoms with Crippen molar-refractivity contribution < 1.29 is 9.84 Å². The molecule has 0 atom stereocenters. The number of phenolic OH excluding ortho intramolecular Hbond substituents is 1. The van der Waals surface area contributed by atoms with Gasteiger partial charge in [-0.25, -0.2) is 0 Å². The van der Waals surface area contributed by atoms with Crippen LogP contribution in [0.3, 0.4) is 0 Å². The molecule has 6 heteroatoms. The third-order valence-corrected chi connectivity index (χ3v) is 8.12. The number of aryl methyl sites for hydroxylation is 1. The summed E-state index contributed by atoms with van der Waals surface area (Å²) in [5.74, 6) is 1.21. The lowest BCUT2D eigenvalue weighted by Gasteiger charge is -2.13. The van der Waals surface area contributed by atoms with E-state index in [0.29, 0.717) is 5.75 Å². The fourth-order valence-electron chi connectivity index (χ4n) is 2.50. The first kappa shape index (κ1) is 20.0. The van der Waals surface area contributed by atoms with E-state index in [2.05, 4.69) is 64.9 Å². The zero-order valence-corrected chi connectivity index (χ0v) is 19.3. The molecule has 2 nitrogen and oxygen atoms in total.